The molecule has 0 amide bonds. The molecule has 0 saturated carbocycles. The number of aromatic amines is 1. The van der Waals surface area contributed by atoms with Crippen LogP contribution in [0.1, 0.15) is 16.8 Å². The highest BCUT2D eigenvalue weighted by Crippen LogP contribution is 2.24. The summed E-state index contributed by atoms with van der Waals surface area (Å²) >= 11 is 0. The van der Waals surface area contributed by atoms with Gasteiger partial charge < -0.3 is 21.6 Å². The molecule has 18 heavy (non-hydrogen) atoms. The zero-order chi connectivity index (χ0) is 13.3. The van der Waals surface area contributed by atoms with E-state index < -0.39 is 12.0 Å². The van der Waals surface area contributed by atoms with E-state index in [1.165, 1.54) is 0 Å². The average molecular weight is 247 g/mol. The van der Waals surface area contributed by atoms with E-state index in [2.05, 4.69) is 4.98 Å². The number of aromatic nitrogens is 1. The van der Waals surface area contributed by atoms with Crippen molar-refractivity contribution in [2.75, 3.05) is 0 Å². The molecule has 0 unspecified atom stereocenters. The highest BCUT2D eigenvalue weighted by Gasteiger charge is 2.17. The second kappa shape index (κ2) is 4.80. The second-order valence-electron chi connectivity index (χ2n) is 4.46. The van der Waals surface area contributed by atoms with Crippen LogP contribution in [0.3, 0.4) is 0 Å². The Balaban J connectivity index is 2.48. The predicted octanol–water partition coefficient (Wildman–Crippen LogP) is 0.889. The molecule has 0 radical (unpaired) electrons. The van der Waals surface area contributed by atoms with Crippen LogP contribution in [0.15, 0.2) is 18.2 Å². The van der Waals surface area contributed by atoms with Crippen molar-refractivity contribution in [3.8, 4) is 0 Å². The van der Waals surface area contributed by atoms with Crippen LogP contribution in [0.5, 0.6) is 0 Å². The molecule has 0 aliphatic heterocycles. The maximum Gasteiger partial charge on any atom is 0.320 e. The summed E-state index contributed by atoms with van der Waals surface area (Å²) in [4.78, 5) is 14.1. The third kappa shape index (κ3) is 2.23. The molecule has 0 spiro atoms. The van der Waals surface area contributed by atoms with Crippen LogP contribution in [0.4, 0.5) is 0 Å². The number of hydrogen-bond acceptors (Lipinski definition) is 3. The van der Waals surface area contributed by atoms with Gasteiger partial charge in [0.1, 0.15) is 6.04 Å². The van der Waals surface area contributed by atoms with Crippen LogP contribution in [-0.2, 0) is 17.8 Å². The van der Waals surface area contributed by atoms with Crippen LogP contribution in [0, 0.1) is 6.92 Å². The van der Waals surface area contributed by atoms with Gasteiger partial charge in [-0.25, -0.2) is 0 Å². The highest BCUT2D eigenvalue weighted by molar-refractivity contribution is 5.86. The van der Waals surface area contributed by atoms with E-state index in [1.807, 2.05) is 25.1 Å². The van der Waals surface area contributed by atoms with Gasteiger partial charge in [0.05, 0.1) is 0 Å². The molecule has 0 bridgehead atoms. The Morgan fingerprint density at radius 2 is 2.22 bits per heavy atom. The van der Waals surface area contributed by atoms with E-state index >= 15 is 0 Å². The number of aryl methyl sites for hydroxylation is 1. The van der Waals surface area contributed by atoms with Crippen LogP contribution in [0.2, 0.25) is 0 Å². The first-order valence-corrected chi connectivity index (χ1v) is 5.81. The second-order valence-corrected chi connectivity index (χ2v) is 4.46. The van der Waals surface area contributed by atoms with Gasteiger partial charge in [-0.3, -0.25) is 4.79 Å². The monoisotopic (exact) mass is 247 g/mol. The van der Waals surface area contributed by atoms with E-state index in [0.29, 0.717) is 13.0 Å². The lowest BCUT2D eigenvalue weighted by Crippen LogP contribution is -2.32. The summed E-state index contributed by atoms with van der Waals surface area (Å²) in [6, 6.07) is 5.02. The normalized spacial score (nSPS) is 12.8. The van der Waals surface area contributed by atoms with Crippen molar-refractivity contribution in [1.29, 1.82) is 0 Å². The maximum absolute atomic E-state index is 10.8. The van der Waals surface area contributed by atoms with Crippen LogP contribution in [-0.4, -0.2) is 22.1 Å². The molecule has 5 heteroatoms. The average Bonchev–Trinajstić information content (AvgIpc) is 2.65. The molecule has 6 N–H and O–H groups in total. The van der Waals surface area contributed by atoms with Gasteiger partial charge in [-0.1, -0.05) is 6.07 Å². The van der Waals surface area contributed by atoms with E-state index in [9.17, 15) is 4.79 Å². The summed E-state index contributed by atoms with van der Waals surface area (Å²) in [6.07, 6.45) is 0.315. The Kier molecular flexibility index (Phi) is 3.36. The van der Waals surface area contributed by atoms with Gasteiger partial charge in [0.2, 0.25) is 0 Å². The van der Waals surface area contributed by atoms with E-state index in [0.717, 1.165) is 27.7 Å². The summed E-state index contributed by atoms with van der Waals surface area (Å²) in [5.41, 5.74) is 15.1. The summed E-state index contributed by atoms with van der Waals surface area (Å²) < 4.78 is 0. The van der Waals surface area contributed by atoms with Gasteiger partial charge in [-0.05, 0) is 30.2 Å². The van der Waals surface area contributed by atoms with Crippen molar-refractivity contribution in [3.05, 3.63) is 35.0 Å². The Hall–Kier alpha value is -1.85. The van der Waals surface area contributed by atoms with E-state index in [-0.39, 0.29) is 0 Å². The number of nitrogens with two attached hydrogens (primary N) is 2. The first kappa shape index (κ1) is 12.6. The third-order valence-corrected chi connectivity index (χ3v) is 3.16. The molecule has 0 fully saturated rings. The quantitative estimate of drug-likeness (QED) is 0.643. The third-order valence-electron chi connectivity index (χ3n) is 3.16. The van der Waals surface area contributed by atoms with Gasteiger partial charge in [0.15, 0.2) is 0 Å². The number of carboxylic acid groups (broad SMARTS) is 1. The van der Waals surface area contributed by atoms with Gasteiger partial charge >= 0.3 is 5.97 Å². The Morgan fingerprint density at radius 1 is 1.50 bits per heavy atom. The fraction of sp³-hybridized carbons (Fsp3) is 0.308. The molecular weight excluding hydrogens is 230 g/mol. The van der Waals surface area contributed by atoms with E-state index in [4.69, 9.17) is 16.6 Å². The number of carbonyl (C=O) groups is 1. The smallest absolute Gasteiger partial charge is 0.320 e. The molecule has 0 aliphatic rings. The number of hydrogen-bond donors (Lipinski definition) is 4. The lowest BCUT2D eigenvalue weighted by Gasteiger charge is -2.07. The SMILES string of the molecule is Cc1[nH]c2ccc(CN)cc2c1C[C@@H](N)C(=O)O. The summed E-state index contributed by atoms with van der Waals surface area (Å²) in [7, 11) is 0. The zero-order valence-corrected chi connectivity index (χ0v) is 10.2. The van der Waals surface area contributed by atoms with Gasteiger partial charge in [-0.15, -0.1) is 0 Å². The number of fused-ring (bicyclic) bond motifs is 1. The predicted molar refractivity (Wildman–Crippen MR) is 70.2 cm³/mol. The minimum Gasteiger partial charge on any atom is -0.480 e. The number of rotatable bonds is 4. The standard InChI is InChI=1S/C13H17N3O2/c1-7-9(5-11(15)13(17)18)10-4-8(6-14)2-3-12(10)16-7/h2-4,11,16H,5-6,14-15H2,1H3,(H,17,18)/t11-/m1/s1. The molecule has 5 nitrogen and oxygen atoms in total. The van der Waals surface area contributed by atoms with Crippen molar-refractivity contribution < 1.29 is 9.90 Å². The Morgan fingerprint density at radius 3 is 2.83 bits per heavy atom. The minimum absolute atomic E-state index is 0.315. The molecule has 2 rings (SSSR count). The summed E-state index contributed by atoms with van der Waals surface area (Å²) in [5.74, 6) is -0.987. The lowest BCUT2D eigenvalue weighted by molar-refractivity contribution is -0.138. The van der Waals surface area contributed by atoms with Crippen LogP contribution >= 0.6 is 0 Å². The Bertz CT molecular complexity index is 589. The topological polar surface area (TPSA) is 105 Å². The molecule has 96 valence electrons. The van der Waals surface area contributed by atoms with Crippen molar-refractivity contribution in [2.24, 2.45) is 11.5 Å². The van der Waals surface area contributed by atoms with Gasteiger partial charge in [0.25, 0.3) is 0 Å². The molecule has 1 atom stereocenters. The Labute approximate surface area is 105 Å². The van der Waals surface area contributed by atoms with Crippen molar-refractivity contribution in [3.63, 3.8) is 0 Å². The number of carboxylic acids is 1. The van der Waals surface area contributed by atoms with Gasteiger partial charge in [-0.2, -0.15) is 0 Å². The molecule has 2 aromatic rings. The molecule has 1 aromatic carbocycles. The van der Waals surface area contributed by atoms with Crippen molar-refractivity contribution >= 4 is 16.9 Å². The fourth-order valence-corrected chi connectivity index (χ4v) is 2.13. The molecular formula is C13H17N3O2. The fourth-order valence-electron chi connectivity index (χ4n) is 2.13. The first-order chi connectivity index (χ1) is 8.52. The summed E-state index contributed by atoms with van der Waals surface area (Å²) in [6.45, 7) is 2.39. The van der Waals surface area contributed by atoms with Crippen LogP contribution in [0.25, 0.3) is 10.9 Å². The zero-order valence-electron chi connectivity index (χ0n) is 10.2. The number of aliphatic carboxylic acids is 1. The van der Waals surface area contributed by atoms with Gasteiger partial charge in [0, 0.05) is 29.6 Å². The summed E-state index contributed by atoms with van der Waals surface area (Å²) in [5, 5.41) is 9.90. The van der Waals surface area contributed by atoms with Crippen LogP contribution < -0.4 is 11.5 Å². The lowest BCUT2D eigenvalue weighted by atomic mass is 10.0. The van der Waals surface area contributed by atoms with Crippen molar-refractivity contribution in [1.82, 2.24) is 4.98 Å². The van der Waals surface area contributed by atoms with Crippen molar-refractivity contribution in [2.45, 2.75) is 25.9 Å². The molecule has 1 aromatic heterocycles. The largest absolute Gasteiger partial charge is 0.480 e. The highest BCUT2D eigenvalue weighted by atomic mass is 16.4. The van der Waals surface area contributed by atoms with E-state index in [1.54, 1.807) is 0 Å². The molecule has 0 aliphatic carbocycles. The first-order valence-electron chi connectivity index (χ1n) is 5.81. The molecule has 1 heterocycles. The molecule has 0 saturated heterocycles. The number of nitrogens with one attached hydrogen (secondary N) is 1. The number of H-pyrrole nitrogens is 1. The maximum atomic E-state index is 10.8. The minimum atomic E-state index is -0.987. The number of benzene rings is 1.